The lowest BCUT2D eigenvalue weighted by atomic mass is 9.77. The highest BCUT2D eigenvalue weighted by Gasteiger charge is 2.39. The van der Waals surface area contributed by atoms with Gasteiger partial charge in [-0.15, -0.1) is 0 Å². The van der Waals surface area contributed by atoms with Crippen LogP contribution in [0.4, 0.5) is 4.39 Å². The standard InChI is InChI=1S/C51H67FO19/c1-8-9-10-13-33-16-18-34(19-17-33)35-20-21-39(40(52)28-35)38-26-36(14-11-23-67-42(53)32(2)3)41(37(27-38)15-12-24-68-47(58)43(54)62-4)66-25-22-51(29-69-48(59)44(55)63-5,30-70-49(60)45(56)64-6)31-71-50(61)46(57)65-7/h20-21,26-28,33-34,43,54H,2,8-19,22-25,29-31H2,1,3-7H3. The average Bonchev–Trinajstić information content (AvgIpc) is 3.37. The molecule has 0 bridgehead atoms. The van der Waals surface area contributed by atoms with Gasteiger partial charge in [-0.2, -0.15) is 0 Å². The number of carbonyl (C=O) groups excluding carboxylic acids is 8. The van der Waals surface area contributed by atoms with Gasteiger partial charge < -0.3 is 52.5 Å². The predicted octanol–water partition coefficient (Wildman–Crippen LogP) is 5.74. The molecule has 1 N–H and O–H groups in total. The third-order valence-corrected chi connectivity index (χ3v) is 12.0. The molecule has 2 aromatic carbocycles. The van der Waals surface area contributed by atoms with Crippen LogP contribution in [0.5, 0.6) is 5.75 Å². The lowest BCUT2D eigenvalue weighted by Gasteiger charge is -2.32. The van der Waals surface area contributed by atoms with E-state index in [1.54, 1.807) is 24.3 Å². The molecule has 1 saturated carbocycles. The van der Waals surface area contributed by atoms with Crippen LogP contribution in [0.25, 0.3) is 11.1 Å². The summed E-state index contributed by atoms with van der Waals surface area (Å²) in [4.78, 5) is 98.2. The molecule has 392 valence electrons. The zero-order valence-electron chi connectivity index (χ0n) is 41.4. The van der Waals surface area contributed by atoms with Crippen molar-refractivity contribution in [3.8, 4) is 16.9 Å². The van der Waals surface area contributed by atoms with E-state index < -0.39 is 85.1 Å². The van der Waals surface area contributed by atoms with E-state index in [4.69, 9.17) is 28.4 Å². The Morgan fingerprint density at radius 1 is 0.676 bits per heavy atom. The van der Waals surface area contributed by atoms with Gasteiger partial charge in [-0.25, -0.2) is 42.7 Å². The van der Waals surface area contributed by atoms with E-state index in [-0.39, 0.29) is 74.7 Å². The van der Waals surface area contributed by atoms with Crippen molar-refractivity contribution in [3.05, 3.63) is 65.0 Å². The van der Waals surface area contributed by atoms with Gasteiger partial charge in [0.05, 0.1) is 46.6 Å². The van der Waals surface area contributed by atoms with Crippen LogP contribution >= 0.6 is 0 Å². The zero-order chi connectivity index (χ0) is 52.5. The molecule has 3 rings (SSSR count). The van der Waals surface area contributed by atoms with E-state index >= 15 is 4.39 Å². The largest absolute Gasteiger partial charge is 0.493 e. The number of hydrogen-bond acceptors (Lipinski definition) is 19. The number of ether oxygens (including phenoxy) is 10. The van der Waals surface area contributed by atoms with Gasteiger partial charge in [0.2, 0.25) is 0 Å². The molecule has 0 heterocycles. The normalized spacial score (nSPS) is 14.8. The predicted molar refractivity (Wildman–Crippen MR) is 249 cm³/mol. The van der Waals surface area contributed by atoms with E-state index in [9.17, 15) is 43.5 Å². The second-order valence-corrected chi connectivity index (χ2v) is 17.3. The van der Waals surface area contributed by atoms with Crippen molar-refractivity contribution in [2.24, 2.45) is 11.3 Å². The molecule has 0 spiro atoms. The first kappa shape index (κ1) is 58.9. The van der Waals surface area contributed by atoms with Gasteiger partial charge in [0.25, 0.3) is 6.29 Å². The molecule has 19 nitrogen and oxygen atoms in total. The molecule has 1 atom stereocenters. The molecule has 0 radical (unpaired) electrons. The Morgan fingerprint density at radius 3 is 1.66 bits per heavy atom. The number of aryl methyl sites for hydroxylation is 2. The maximum atomic E-state index is 16.5. The van der Waals surface area contributed by atoms with E-state index in [0.29, 0.717) is 22.6 Å². The van der Waals surface area contributed by atoms with Crippen LogP contribution in [0.15, 0.2) is 42.5 Å². The van der Waals surface area contributed by atoms with Gasteiger partial charge in [0.15, 0.2) is 0 Å². The summed E-state index contributed by atoms with van der Waals surface area (Å²) < 4.78 is 66.9. The summed E-state index contributed by atoms with van der Waals surface area (Å²) in [7, 11) is 3.88. The summed E-state index contributed by atoms with van der Waals surface area (Å²) in [5, 5.41) is 9.78. The molecule has 0 aliphatic heterocycles. The van der Waals surface area contributed by atoms with Gasteiger partial charge in [-0.3, -0.25) is 0 Å². The molecule has 0 saturated heterocycles. The summed E-state index contributed by atoms with van der Waals surface area (Å²) in [5.74, 6) is -9.68. The quantitative estimate of drug-likeness (QED) is 0.0280. The van der Waals surface area contributed by atoms with Crippen molar-refractivity contribution >= 4 is 47.8 Å². The molecule has 2 aromatic rings. The lowest BCUT2D eigenvalue weighted by Crippen LogP contribution is -2.42. The number of esters is 8. The summed E-state index contributed by atoms with van der Waals surface area (Å²) >= 11 is 0. The number of rotatable bonds is 27. The highest BCUT2D eigenvalue weighted by Crippen LogP contribution is 2.40. The fraction of sp³-hybridized carbons (Fsp3) is 0.569. The van der Waals surface area contributed by atoms with Crippen molar-refractivity contribution in [2.75, 3.05) is 68.1 Å². The first-order chi connectivity index (χ1) is 33.9. The number of aliphatic hydroxyl groups is 1. The number of benzene rings is 2. The van der Waals surface area contributed by atoms with E-state index in [2.05, 4.69) is 32.5 Å². The molecule has 71 heavy (non-hydrogen) atoms. The van der Waals surface area contributed by atoms with Crippen molar-refractivity contribution in [1.29, 1.82) is 0 Å². The van der Waals surface area contributed by atoms with Crippen LogP contribution < -0.4 is 4.74 Å². The zero-order valence-corrected chi connectivity index (χ0v) is 41.4. The Bertz CT molecular complexity index is 2080. The van der Waals surface area contributed by atoms with Gasteiger partial charge in [0.1, 0.15) is 31.4 Å². The lowest BCUT2D eigenvalue weighted by molar-refractivity contribution is -0.179. The van der Waals surface area contributed by atoms with E-state index in [1.807, 2.05) is 6.07 Å². The Morgan fingerprint density at radius 2 is 1.20 bits per heavy atom. The Hall–Kier alpha value is -6.41. The van der Waals surface area contributed by atoms with Gasteiger partial charge in [0, 0.05) is 18.2 Å². The molecular weight excluding hydrogens is 936 g/mol. The summed E-state index contributed by atoms with van der Waals surface area (Å²) in [6.07, 6.45) is 7.45. The Kier molecular flexibility index (Phi) is 25.2. The Labute approximate surface area is 412 Å². The van der Waals surface area contributed by atoms with Crippen LogP contribution in [-0.2, 0) is 93.8 Å². The minimum Gasteiger partial charge on any atom is -0.493 e. The first-order valence-corrected chi connectivity index (χ1v) is 23.5. The maximum Gasteiger partial charge on any atom is 0.417 e. The number of hydrogen-bond donors (Lipinski definition) is 1. The number of carbonyl (C=O) groups is 8. The van der Waals surface area contributed by atoms with Crippen LogP contribution in [0.1, 0.15) is 107 Å². The van der Waals surface area contributed by atoms with Gasteiger partial charge in [-0.05, 0) is 117 Å². The van der Waals surface area contributed by atoms with Crippen LogP contribution in [-0.4, -0.2) is 127 Å². The maximum absolute atomic E-state index is 16.5. The smallest absolute Gasteiger partial charge is 0.417 e. The molecular formula is C51H67FO19. The van der Waals surface area contributed by atoms with Crippen molar-refractivity contribution in [1.82, 2.24) is 0 Å². The second kappa shape index (κ2) is 30.4. The molecule has 20 heteroatoms. The topological polar surface area (TPSA) is 249 Å². The SMILES string of the molecule is C=C(C)C(=O)OCCCc1cc(-c2ccc(C3CCC(CCCCC)CC3)cc2F)cc(CCCOC(=O)C(O)OC)c1OCCC(COC(=O)C(=O)OC)(COC(=O)C(=O)OC)COC(=O)C(=O)OC. The molecule has 1 fully saturated rings. The summed E-state index contributed by atoms with van der Waals surface area (Å²) in [5.41, 5.74) is 0.971. The monoisotopic (exact) mass is 1000 g/mol. The molecule has 1 aliphatic rings. The fourth-order valence-electron chi connectivity index (χ4n) is 7.90. The van der Waals surface area contributed by atoms with Gasteiger partial charge in [-0.1, -0.05) is 51.3 Å². The van der Waals surface area contributed by atoms with Crippen molar-refractivity contribution in [2.45, 2.75) is 110 Å². The minimum atomic E-state index is -1.84. The van der Waals surface area contributed by atoms with Crippen molar-refractivity contribution in [3.63, 3.8) is 0 Å². The van der Waals surface area contributed by atoms with Crippen molar-refractivity contribution < 1.29 is 95.2 Å². The Balaban J connectivity index is 2.13. The van der Waals surface area contributed by atoms with E-state index in [0.717, 1.165) is 59.7 Å². The highest BCUT2D eigenvalue weighted by atomic mass is 19.1. The molecule has 1 unspecified atom stereocenters. The number of aliphatic hydroxyl groups excluding tert-OH is 1. The van der Waals surface area contributed by atoms with Gasteiger partial charge >= 0.3 is 47.8 Å². The first-order valence-electron chi connectivity index (χ1n) is 23.5. The summed E-state index contributed by atoms with van der Waals surface area (Å²) in [6, 6.07) is 8.67. The fourth-order valence-corrected chi connectivity index (χ4v) is 7.90. The molecule has 0 amide bonds. The number of unbranched alkanes of at least 4 members (excludes halogenated alkanes) is 2. The van der Waals surface area contributed by atoms with Crippen LogP contribution in [0, 0.1) is 17.2 Å². The van der Waals surface area contributed by atoms with Crippen LogP contribution in [0.2, 0.25) is 0 Å². The summed E-state index contributed by atoms with van der Waals surface area (Å²) in [6.45, 7) is 4.17. The number of halogens is 1. The third kappa shape index (κ3) is 19.0. The minimum absolute atomic E-state index is 0.0435. The molecule has 1 aliphatic carbocycles. The number of methoxy groups -OCH3 is 4. The molecule has 0 aromatic heterocycles. The van der Waals surface area contributed by atoms with E-state index in [1.165, 1.54) is 32.6 Å². The van der Waals surface area contributed by atoms with Crippen LogP contribution in [0.3, 0.4) is 0 Å². The third-order valence-electron chi connectivity index (χ3n) is 12.0. The highest BCUT2D eigenvalue weighted by molar-refractivity contribution is 6.30. The second-order valence-electron chi connectivity index (χ2n) is 17.3. The average molecular weight is 1000 g/mol.